The first kappa shape index (κ1) is 32.9. The summed E-state index contributed by atoms with van der Waals surface area (Å²) in [6.07, 6.45) is 2.09. The molecule has 2 aliphatic rings. The van der Waals surface area contributed by atoms with Gasteiger partial charge in [-0.05, 0) is 69.8 Å². The molecule has 2 fully saturated rings. The number of benzene rings is 3. The van der Waals surface area contributed by atoms with Gasteiger partial charge in [-0.2, -0.15) is 0 Å². The summed E-state index contributed by atoms with van der Waals surface area (Å²) in [5, 5.41) is 6.43. The zero-order valence-electron chi connectivity index (χ0n) is 26.6. The van der Waals surface area contributed by atoms with Crippen molar-refractivity contribution in [1.82, 2.24) is 10.6 Å². The van der Waals surface area contributed by atoms with E-state index in [-0.39, 0.29) is 11.6 Å². The zero-order valence-corrected chi connectivity index (χ0v) is 26.6. The van der Waals surface area contributed by atoms with Crippen molar-refractivity contribution in [3.63, 3.8) is 0 Å². The number of rotatable bonds is 12. The predicted octanol–water partition coefficient (Wildman–Crippen LogP) is 3.70. The van der Waals surface area contributed by atoms with Crippen molar-refractivity contribution in [3.8, 4) is 23.0 Å². The van der Waals surface area contributed by atoms with E-state index in [1.165, 1.54) is 0 Å². The zero-order chi connectivity index (χ0) is 32.5. The van der Waals surface area contributed by atoms with Gasteiger partial charge < -0.3 is 39.1 Å². The SMILES string of the molecule is COc1ccc(C(=CC(=O)C2CNCCO2)c2ccc(C(=CC(=O)C3CNCCO3)c3ccc(OC)c(OC)c3)cc2)cc1OC. The Labute approximate surface area is 269 Å². The third-order valence-electron chi connectivity index (χ3n) is 7.96. The van der Waals surface area contributed by atoms with E-state index in [0.29, 0.717) is 73.5 Å². The van der Waals surface area contributed by atoms with E-state index < -0.39 is 12.2 Å². The van der Waals surface area contributed by atoms with Crippen molar-refractivity contribution in [2.75, 3.05) is 67.8 Å². The lowest BCUT2D eigenvalue weighted by atomic mass is 9.91. The lowest BCUT2D eigenvalue weighted by molar-refractivity contribution is -0.127. The molecule has 2 unspecified atom stereocenters. The van der Waals surface area contributed by atoms with Crippen LogP contribution in [0.3, 0.4) is 0 Å². The Morgan fingerprint density at radius 3 is 1.28 bits per heavy atom. The Kier molecular flexibility index (Phi) is 11.2. The van der Waals surface area contributed by atoms with E-state index in [1.807, 2.05) is 60.7 Å². The van der Waals surface area contributed by atoms with Crippen molar-refractivity contribution in [3.05, 3.63) is 95.1 Å². The van der Waals surface area contributed by atoms with E-state index in [0.717, 1.165) is 22.3 Å². The van der Waals surface area contributed by atoms with Crippen LogP contribution in [0.4, 0.5) is 0 Å². The quantitative estimate of drug-likeness (QED) is 0.288. The van der Waals surface area contributed by atoms with Gasteiger partial charge in [-0.3, -0.25) is 9.59 Å². The van der Waals surface area contributed by atoms with Crippen LogP contribution in [0.15, 0.2) is 72.8 Å². The van der Waals surface area contributed by atoms with Gasteiger partial charge in [-0.15, -0.1) is 0 Å². The van der Waals surface area contributed by atoms with Crippen LogP contribution >= 0.6 is 0 Å². The molecule has 46 heavy (non-hydrogen) atoms. The molecule has 0 aromatic heterocycles. The van der Waals surface area contributed by atoms with Crippen LogP contribution in [-0.2, 0) is 19.1 Å². The normalized spacial score (nSPS) is 18.9. The van der Waals surface area contributed by atoms with Crippen molar-refractivity contribution in [2.24, 2.45) is 0 Å². The molecule has 2 saturated heterocycles. The number of carbonyl (C=O) groups excluding carboxylic acids is 2. The molecule has 0 spiro atoms. The highest BCUT2D eigenvalue weighted by Crippen LogP contribution is 2.36. The topological polar surface area (TPSA) is 114 Å². The number of morpholine rings is 2. The van der Waals surface area contributed by atoms with Gasteiger partial charge in [0.05, 0.1) is 41.7 Å². The van der Waals surface area contributed by atoms with Gasteiger partial charge in [-0.25, -0.2) is 0 Å². The Balaban J connectivity index is 1.57. The Hall–Kier alpha value is -4.48. The molecule has 242 valence electrons. The summed E-state index contributed by atoms with van der Waals surface area (Å²) in [4.78, 5) is 26.8. The van der Waals surface area contributed by atoms with Crippen LogP contribution in [0.2, 0.25) is 0 Å². The number of ether oxygens (including phenoxy) is 6. The molecule has 0 saturated carbocycles. The van der Waals surface area contributed by atoms with E-state index in [9.17, 15) is 9.59 Å². The lowest BCUT2D eigenvalue weighted by Crippen LogP contribution is -2.42. The highest BCUT2D eigenvalue weighted by atomic mass is 16.5. The smallest absolute Gasteiger partial charge is 0.186 e. The van der Waals surface area contributed by atoms with Crippen molar-refractivity contribution in [1.29, 1.82) is 0 Å². The number of hydrogen-bond acceptors (Lipinski definition) is 10. The standard InChI is InChI=1S/C36H40N2O8/c1-41-31-11-9-25(17-33(31)43-3)27(19-29(39)35-21-37-13-15-45-35)23-5-7-24(8-6-23)28(20-30(40)36-22-38-14-16-46-36)26-10-12-32(42-2)34(18-26)44-4/h5-12,17-20,35-38H,13-16,21-22H2,1-4H3. The molecule has 0 amide bonds. The second kappa shape index (κ2) is 15.7. The van der Waals surface area contributed by atoms with E-state index in [2.05, 4.69) is 10.6 Å². The molecule has 2 N–H and O–H groups in total. The fourth-order valence-corrected chi connectivity index (χ4v) is 5.47. The molecule has 0 radical (unpaired) electrons. The lowest BCUT2D eigenvalue weighted by Gasteiger charge is -2.22. The van der Waals surface area contributed by atoms with E-state index >= 15 is 0 Å². The monoisotopic (exact) mass is 628 g/mol. The minimum Gasteiger partial charge on any atom is -0.493 e. The molecule has 0 aliphatic carbocycles. The Morgan fingerprint density at radius 1 is 0.587 bits per heavy atom. The highest BCUT2D eigenvalue weighted by Gasteiger charge is 2.23. The predicted molar refractivity (Wildman–Crippen MR) is 175 cm³/mol. The molecular formula is C36H40N2O8. The van der Waals surface area contributed by atoms with Crippen molar-refractivity contribution < 1.29 is 38.0 Å². The summed E-state index contributed by atoms with van der Waals surface area (Å²) in [5.41, 5.74) is 4.53. The molecule has 2 heterocycles. The first-order valence-corrected chi connectivity index (χ1v) is 15.2. The molecule has 10 nitrogen and oxygen atoms in total. The van der Waals surface area contributed by atoms with Crippen LogP contribution in [0.25, 0.3) is 11.1 Å². The van der Waals surface area contributed by atoms with Gasteiger partial charge in [0, 0.05) is 26.2 Å². The van der Waals surface area contributed by atoms with Gasteiger partial charge in [0.25, 0.3) is 0 Å². The minimum atomic E-state index is -0.578. The van der Waals surface area contributed by atoms with E-state index in [1.54, 1.807) is 40.6 Å². The second-order valence-corrected chi connectivity index (χ2v) is 10.8. The molecule has 0 bridgehead atoms. The maximum Gasteiger partial charge on any atom is 0.186 e. The first-order valence-electron chi connectivity index (χ1n) is 15.2. The van der Waals surface area contributed by atoms with Gasteiger partial charge in [0.2, 0.25) is 0 Å². The fourth-order valence-electron chi connectivity index (χ4n) is 5.47. The molecule has 10 heteroatoms. The summed E-state index contributed by atoms with van der Waals surface area (Å²) >= 11 is 0. The summed E-state index contributed by atoms with van der Waals surface area (Å²) in [6, 6.07) is 18.8. The van der Waals surface area contributed by atoms with Gasteiger partial charge >= 0.3 is 0 Å². The number of carbonyl (C=O) groups is 2. The molecule has 5 rings (SSSR count). The summed E-state index contributed by atoms with van der Waals surface area (Å²) in [6.45, 7) is 3.24. The fraction of sp³-hybridized carbons (Fsp3) is 0.333. The molecule has 3 aromatic rings. The average Bonchev–Trinajstić information content (AvgIpc) is 3.12. The van der Waals surface area contributed by atoms with Gasteiger partial charge in [0.15, 0.2) is 34.6 Å². The Bertz CT molecular complexity index is 1470. The van der Waals surface area contributed by atoms with Crippen LogP contribution in [0.5, 0.6) is 23.0 Å². The van der Waals surface area contributed by atoms with Crippen LogP contribution in [0.1, 0.15) is 22.3 Å². The first-order chi connectivity index (χ1) is 22.4. The largest absolute Gasteiger partial charge is 0.493 e. The minimum absolute atomic E-state index is 0.140. The number of methoxy groups -OCH3 is 4. The summed E-state index contributed by atoms with van der Waals surface area (Å²) < 4.78 is 33.5. The van der Waals surface area contributed by atoms with Crippen LogP contribution in [0, 0.1) is 0 Å². The molecular weight excluding hydrogens is 588 g/mol. The number of nitrogens with one attached hydrogen (secondary N) is 2. The maximum atomic E-state index is 13.4. The number of ketones is 2. The van der Waals surface area contributed by atoms with E-state index in [4.69, 9.17) is 28.4 Å². The highest BCUT2D eigenvalue weighted by molar-refractivity contribution is 6.04. The Morgan fingerprint density at radius 2 is 0.957 bits per heavy atom. The molecule has 2 aliphatic heterocycles. The maximum absolute atomic E-state index is 13.4. The van der Waals surface area contributed by atoms with Crippen LogP contribution in [-0.4, -0.2) is 91.6 Å². The number of hydrogen-bond donors (Lipinski definition) is 2. The van der Waals surface area contributed by atoms with Crippen LogP contribution < -0.4 is 29.6 Å². The third kappa shape index (κ3) is 7.66. The molecule has 3 aromatic carbocycles. The average molecular weight is 629 g/mol. The van der Waals surface area contributed by atoms with Gasteiger partial charge in [-0.1, -0.05) is 36.4 Å². The third-order valence-corrected chi connectivity index (χ3v) is 7.96. The second-order valence-electron chi connectivity index (χ2n) is 10.8. The summed E-state index contributed by atoms with van der Waals surface area (Å²) in [5.74, 6) is 1.97. The van der Waals surface area contributed by atoms with Crippen molar-refractivity contribution >= 4 is 22.7 Å². The van der Waals surface area contributed by atoms with Gasteiger partial charge in [0.1, 0.15) is 12.2 Å². The molecule has 2 atom stereocenters. The summed E-state index contributed by atoms with van der Waals surface area (Å²) in [7, 11) is 6.30. The van der Waals surface area contributed by atoms with Crippen molar-refractivity contribution in [2.45, 2.75) is 12.2 Å².